The molecule has 1 heterocycles. The second-order valence-corrected chi connectivity index (χ2v) is 7.16. The Kier molecular flexibility index (Phi) is 5.86. The van der Waals surface area contributed by atoms with Crippen molar-refractivity contribution in [2.45, 2.75) is 51.0 Å². The summed E-state index contributed by atoms with van der Waals surface area (Å²) >= 11 is 1.58. The molecule has 1 N–H and O–H groups in total. The molecule has 0 bridgehead atoms. The topological polar surface area (TPSA) is 51.2 Å². The van der Waals surface area contributed by atoms with E-state index in [-0.39, 0.29) is 5.91 Å². The van der Waals surface area contributed by atoms with Crippen molar-refractivity contribution in [1.29, 1.82) is 0 Å². The van der Waals surface area contributed by atoms with Gasteiger partial charge in [0.2, 0.25) is 5.91 Å². The van der Waals surface area contributed by atoms with Gasteiger partial charge in [-0.05, 0) is 37.1 Å². The van der Waals surface area contributed by atoms with E-state index in [9.17, 15) is 4.79 Å². The van der Waals surface area contributed by atoms with Gasteiger partial charge in [-0.25, -0.2) is 4.98 Å². The minimum atomic E-state index is 0.0912. The van der Waals surface area contributed by atoms with Crippen LogP contribution in [0, 0.1) is 0 Å². The van der Waals surface area contributed by atoms with Crippen LogP contribution in [0.3, 0.4) is 0 Å². The fraction of sp³-hybridized carbons (Fsp3) is 0.474. The Morgan fingerprint density at radius 1 is 1.21 bits per heavy atom. The van der Waals surface area contributed by atoms with Gasteiger partial charge in [-0.1, -0.05) is 25.7 Å². The third-order valence-electron chi connectivity index (χ3n) is 4.45. The lowest BCUT2D eigenvalue weighted by Gasteiger charge is -2.15. The Hall–Kier alpha value is -1.88. The maximum absolute atomic E-state index is 12.3. The average Bonchev–Trinajstić information content (AvgIpc) is 2.90. The Labute approximate surface area is 147 Å². The molecule has 0 spiro atoms. The van der Waals surface area contributed by atoms with E-state index in [1.165, 1.54) is 25.7 Å². The largest absolute Gasteiger partial charge is 0.497 e. The van der Waals surface area contributed by atoms with E-state index in [1.807, 2.05) is 29.6 Å². The quantitative estimate of drug-likeness (QED) is 0.827. The summed E-state index contributed by atoms with van der Waals surface area (Å²) in [7, 11) is 1.66. The van der Waals surface area contributed by atoms with Crippen molar-refractivity contribution in [3.8, 4) is 16.3 Å². The van der Waals surface area contributed by atoms with Crippen LogP contribution in [-0.4, -0.2) is 24.0 Å². The number of carbonyl (C=O) groups is 1. The van der Waals surface area contributed by atoms with Crippen LogP contribution in [0.15, 0.2) is 29.6 Å². The van der Waals surface area contributed by atoms with Crippen LogP contribution in [-0.2, 0) is 11.2 Å². The molecule has 0 saturated heterocycles. The van der Waals surface area contributed by atoms with Crippen LogP contribution in [0.5, 0.6) is 5.75 Å². The number of aromatic nitrogens is 1. The van der Waals surface area contributed by atoms with E-state index < -0.39 is 0 Å². The minimum absolute atomic E-state index is 0.0912. The molecular formula is C19H24N2O2S. The minimum Gasteiger partial charge on any atom is -0.497 e. The fourth-order valence-electron chi connectivity index (χ4n) is 3.12. The molecule has 3 rings (SSSR count). The second kappa shape index (κ2) is 8.29. The van der Waals surface area contributed by atoms with E-state index in [1.54, 1.807) is 18.4 Å². The van der Waals surface area contributed by atoms with Gasteiger partial charge in [0.1, 0.15) is 10.8 Å². The van der Waals surface area contributed by atoms with Crippen LogP contribution >= 0.6 is 11.3 Å². The summed E-state index contributed by atoms with van der Waals surface area (Å²) < 4.78 is 5.17. The van der Waals surface area contributed by atoms with E-state index >= 15 is 0 Å². The van der Waals surface area contributed by atoms with Gasteiger partial charge in [0.05, 0.1) is 19.2 Å². The van der Waals surface area contributed by atoms with Gasteiger partial charge in [-0.3, -0.25) is 4.79 Å². The molecule has 1 aliphatic rings. The predicted octanol–water partition coefficient (Wildman–Crippen LogP) is 4.20. The molecule has 1 fully saturated rings. The van der Waals surface area contributed by atoms with Gasteiger partial charge >= 0.3 is 0 Å². The van der Waals surface area contributed by atoms with Gasteiger partial charge in [0, 0.05) is 17.0 Å². The molecule has 5 heteroatoms. The molecule has 4 nitrogen and oxygen atoms in total. The lowest BCUT2D eigenvalue weighted by Crippen LogP contribution is -2.35. The first-order valence-electron chi connectivity index (χ1n) is 8.63. The van der Waals surface area contributed by atoms with Crippen molar-refractivity contribution in [2.75, 3.05) is 7.11 Å². The molecular weight excluding hydrogens is 320 g/mol. The molecule has 2 aromatic rings. The first-order valence-corrected chi connectivity index (χ1v) is 9.51. The molecule has 1 aliphatic carbocycles. The summed E-state index contributed by atoms with van der Waals surface area (Å²) in [5.74, 6) is 0.923. The first kappa shape index (κ1) is 17.0. The normalized spacial score (nSPS) is 15.7. The second-order valence-electron chi connectivity index (χ2n) is 6.31. The van der Waals surface area contributed by atoms with Crippen molar-refractivity contribution >= 4 is 17.2 Å². The molecule has 0 unspecified atom stereocenters. The van der Waals surface area contributed by atoms with Crippen molar-refractivity contribution in [1.82, 2.24) is 10.3 Å². The highest BCUT2D eigenvalue weighted by atomic mass is 32.1. The zero-order valence-corrected chi connectivity index (χ0v) is 14.9. The summed E-state index contributed by atoms with van der Waals surface area (Å²) in [6.07, 6.45) is 7.63. The highest BCUT2D eigenvalue weighted by molar-refractivity contribution is 7.13. The van der Waals surface area contributed by atoms with Gasteiger partial charge in [0.25, 0.3) is 0 Å². The Bertz CT molecular complexity index is 658. The zero-order chi connectivity index (χ0) is 16.8. The number of thiazole rings is 1. The predicted molar refractivity (Wildman–Crippen MR) is 97.4 cm³/mol. The number of nitrogens with zero attached hydrogens (tertiary/aromatic N) is 1. The average molecular weight is 344 g/mol. The molecule has 0 atom stereocenters. The summed E-state index contributed by atoms with van der Waals surface area (Å²) in [5.41, 5.74) is 1.90. The van der Waals surface area contributed by atoms with Crippen LogP contribution in [0.4, 0.5) is 0 Å². The highest BCUT2D eigenvalue weighted by Gasteiger charge is 2.16. The molecule has 0 radical (unpaired) electrons. The summed E-state index contributed by atoms with van der Waals surface area (Å²) in [6.45, 7) is 0. The standard InChI is InChI=1S/C19H24N2O2S/c1-23-17-10-8-14(9-11-17)19-21-16(13-24-19)12-18(22)20-15-6-4-2-3-5-7-15/h8-11,13,15H,2-7,12H2,1H3,(H,20,22). The fourth-order valence-corrected chi connectivity index (χ4v) is 3.95. The Morgan fingerprint density at radius 3 is 2.58 bits per heavy atom. The number of nitrogens with one attached hydrogen (secondary N) is 1. The van der Waals surface area contributed by atoms with Crippen molar-refractivity contribution in [2.24, 2.45) is 0 Å². The smallest absolute Gasteiger partial charge is 0.226 e. The molecule has 1 amide bonds. The number of ether oxygens (including phenoxy) is 1. The van der Waals surface area contributed by atoms with Crippen LogP contribution in [0.2, 0.25) is 0 Å². The molecule has 1 saturated carbocycles. The van der Waals surface area contributed by atoms with Crippen LogP contribution in [0.1, 0.15) is 44.2 Å². The maximum Gasteiger partial charge on any atom is 0.226 e. The van der Waals surface area contributed by atoms with Crippen LogP contribution in [0.25, 0.3) is 10.6 Å². The summed E-state index contributed by atoms with van der Waals surface area (Å²) in [5, 5.41) is 6.10. The van der Waals surface area contributed by atoms with Crippen molar-refractivity contribution in [3.63, 3.8) is 0 Å². The number of methoxy groups -OCH3 is 1. The van der Waals surface area contributed by atoms with Gasteiger partial charge in [-0.2, -0.15) is 0 Å². The number of hydrogen-bond donors (Lipinski definition) is 1. The number of rotatable bonds is 5. The lowest BCUT2D eigenvalue weighted by molar-refractivity contribution is -0.121. The monoisotopic (exact) mass is 344 g/mol. The van der Waals surface area contributed by atoms with Gasteiger partial charge < -0.3 is 10.1 Å². The maximum atomic E-state index is 12.3. The van der Waals surface area contributed by atoms with Gasteiger partial charge in [-0.15, -0.1) is 11.3 Å². The highest BCUT2D eigenvalue weighted by Crippen LogP contribution is 2.26. The summed E-state index contributed by atoms with van der Waals surface area (Å²) in [4.78, 5) is 16.9. The Morgan fingerprint density at radius 2 is 1.92 bits per heavy atom. The summed E-state index contributed by atoms with van der Waals surface area (Å²) in [6, 6.07) is 8.18. The van der Waals surface area contributed by atoms with Crippen LogP contribution < -0.4 is 10.1 Å². The van der Waals surface area contributed by atoms with Crippen molar-refractivity contribution < 1.29 is 9.53 Å². The number of hydrogen-bond acceptors (Lipinski definition) is 4. The van der Waals surface area contributed by atoms with E-state index in [0.717, 1.165) is 34.9 Å². The lowest BCUT2D eigenvalue weighted by atomic mass is 10.1. The third kappa shape index (κ3) is 4.57. The molecule has 128 valence electrons. The zero-order valence-electron chi connectivity index (χ0n) is 14.1. The molecule has 0 aliphatic heterocycles. The first-order chi connectivity index (χ1) is 11.7. The third-order valence-corrected chi connectivity index (χ3v) is 5.39. The van der Waals surface area contributed by atoms with Gasteiger partial charge in [0.15, 0.2) is 0 Å². The number of amides is 1. The van der Waals surface area contributed by atoms with Crippen molar-refractivity contribution in [3.05, 3.63) is 35.3 Å². The van der Waals surface area contributed by atoms with E-state index in [0.29, 0.717) is 12.5 Å². The number of benzene rings is 1. The molecule has 24 heavy (non-hydrogen) atoms. The van der Waals surface area contributed by atoms with E-state index in [2.05, 4.69) is 10.3 Å². The SMILES string of the molecule is COc1ccc(-c2nc(CC(=O)NC3CCCCCC3)cs2)cc1. The van der Waals surface area contributed by atoms with E-state index in [4.69, 9.17) is 4.74 Å². The molecule has 1 aromatic heterocycles. The Balaban J connectivity index is 1.57. The molecule has 1 aromatic carbocycles. The number of carbonyl (C=O) groups excluding carboxylic acids is 1.